The van der Waals surface area contributed by atoms with Gasteiger partial charge in [0.15, 0.2) is 23.3 Å². The van der Waals surface area contributed by atoms with Crippen molar-refractivity contribution in [2.24, 2.45) is 23.4 Å². The number of nitrogen functional groups attached to an aromatic ring is 4. The summed E-state index contributed by atoms with van der Waals surface area (Å²) in [6.45, 7) is 0. The predicted molar refractivity (Wildman–Crippen MR) is 189 cm³/mol. The first kappa shape index (κ1) is 32.7. The van der Waals surface area contributed by atoms with Crippen molar-refractivity contribution in [3.63, 3.8) is 0 Å². The quantitative estimate of drug-likeness (QED) is 0.101. The molecule has 4 aromatic heterocycles. The summed E-state index contributed by atoms with van der Waals surface area (Å²) in [5.41, 5.74) is 9.99. The molecule has 0 bridgehead atoms. The van der Waals surface area contributed by atoms with Gasteiger partial charge in [0.2, 0.25) is 0 Å². The minimum atomic E-state index is 0.605. The lowest BCUT2D eigenvalue weighted by Crippen LogP contribution is -2.09. The molecule has 0 amide bonds. The Balaban J connectivity index is 0.000000125. The molecule has 0 saturated carbocycles. The average Bonchev–Trinajstić information content (AvgIpc) is 3.17. The number of hydrogen-bond acceptors (Lipinski definition) is 16. The molecule has 0 unspecified atom stereocenters. The molecule has 16 heteroatoms. The summed E-state index contributed by atoms with van der Waals surface area (Å²) in [6, 6.07) is 31.2. The summed E-state index contributed by atoms with van der Waals surface area (Å²) < 4.78 is 0. The van der Waals surface area contributed by atoms with Crippen molar-refractivity contribution in [2.75, 3.05) is 21.7 Å². The van der Waals surface area contributed by atoms with Gasteiger partial charge in [-0.05, 0) is 0 Å². The molecule has 0 aliphatic rings. The molecule has 0 saturated heterocycles. The number of anilines is 4. The fourth-order valence-electron chi connectivity index (χ4n) is 4.54. The second-order valence-corrected chi connectivity index (χ2v) is 9.70. The van der Waals surface area contributed by atoms with Gasteiger partial charge in [0.1, 0.15) is 0 Å². The van der Waals surface area contributed by atoms with E-state index in [1.165, 1.54) is 0 Å². The Labute approximate surface area is 273 Å². The zero-order chi connectivity index (χ0) is 33.6. The summed E-state index contributed by atoms with van der Waals surface area (Å²) in [7, 11) is 0. The molecule has 48 heavy (non-hydrogen) atoms. The Morgan fingerprint density at radius 1 is 0.312 bits per heavy atom. The van der Waals surface area contributed by atoms with Gasteiger partial charge in [0.25, 0.3) is 0 Å². The molecule has 0 spiro atoms. The summed E-state index contributed by atoms with van der Waals surface area (Å²) in [5, 5.41) is 38.6. The molecule has 0 atom stereocenters. The number of rotatable bonds is 4. The highest BCUT2D eigenvalue weighted by Crippen LogP contribution is 2.20. The topological polar surface area (TPSA) is 255 Å². The maximum absolute atomic E-state index is 5.26. The second kappa shape index (κ2) is 16.5. The van der Waals surface area contributed by atoms with Gasteiger partial charge in [0, 0.05) is 43.1 Å². The third-order valence-corrected chi connectivity index (χ3v) is 6.83. The van der Waals surface area contributed by atoms with Gasteiger partial charge in [-0.2, -0.15) is 20.4 Å². The van der Waals surface area contributed by atoms with Crippen LogP contribution in [0.4, 0.5) is 23.3 Å². The van der Waals surface area contributed by atoms with E-state index in [4.69, 9.17) is 23.4 Å². The van der Waals surface area contributed by atoms with Crippen molar-refractivity contribution in [1.29, 1.82) is 0 Å². The van der Waals surface area contributed by atoms with Crippen molar-refractivity contribution in [1.82, 2.24) is 40.8 Å². The van der Waals surface area contributed by atoms with E-state index in [0.29, 0.717) is 23.3 Å². The van der Waals surface area contributed by atoms with Crippen LogP contribution in [0.3, 0.4) is 0 Å². The molecule has 0 fully saturated rings. The molecule has 8 aromatic rings. The van der Waals surface area contributed by atoms with Crippen LogP contribution in [0.5, 0.6) is 0 Å². The van der Waals surface area contributed by atoms with Crippen molar-refractivity contribution in [2.45, 2.75) is 0 Å². The smallest absolute Gasteiger partial charge is 0.170 e. The Kier molecular flexibility index (Phi) is 11.3. The lowest BCUT2D eigenvalue weighted by molar-refractivity contribution is 1.04. The van der Waals surface area contributed by atoms with Gasteiger partial charge in [-0.1, -0.05) is 97.1 Å². The van der Waals surface area contributed by atoms with Gasteiger partial charge < -0.3 is 21.7 Å². The Morgan fingerprint density at radius 2 is 0.521 bits per heavy atom. The number of nitrogens with one attached hydrogen (secondary N) is 4. The molecular formula is C32H32N16. The van der Waals surface area contributed by atoms with Crippen LogP contribution >= 0.6 is 0 Å². The van der Waals surface area contributed by atoms with E-state index in [9.17, 15) is 0 Å². The molecule has 0 aliphatic heterocycles. The zero-order valence-corrected chi connectivity index (χ0v) is 25.4. The van der Waals surface area contributed by atoms with E-state index >= 15 is 0 Å². The summed E-state index contributed by atoms with van der Waals surface area (Å²) in [5.74, 6) is 23.5. The van der Waals surface area contributed by atoms with Gasteiger partial charge >= 0.3 is 0 Å². The maximum Gasteiger partial charge on any atom is 0.170 e. The number of hydrazine groups is 4. The lowest BCUT2D eigenvalue weighted by atomic mass is 10.2. The third-order valence-electron chi connectivity index (χ3n) is 6.83. The maximum atomic E-state index is 5.26. The number of aromatic nitrogens is 8. The van der Waals surface area contributed by atoms with E-state index in [1.54, 1.807) is 24.8 Å². The average molecular weight is 641 g/mol. The third kappa shape index (κ3) is 7.91. The van der Waals surface area contributed by atoms with Crippen molar-refractivity contribution in [3.05, 3.63) is 122 Å². The van der Waals surface area contributed by atoms with Gasteiger partial charge in [0.05, 0.1) is 24.8 Å². The first-order valence-electron chi connectivity index (χ1n) is 14.3. The summed E-state index contributed by atoms with van der Waals surface area (Å²) in [4.78, 5) is 0. The Hall–Kier alpha value is -6.72. The number of benzene rings is 4. The molecule has 240 valence electrons. The molecule has 12 N–H and O–H groups in total. The largest absolute Gasteiger partial charge is 0.306 e. The van der Waals surface area contributed by atoms with Crippen LogP contribution in [0.25, 0.3) is 43.1 Å². The standard InChI is InChI=1S/4C8H8N4/c4*9-11-8-7-4-2-1-3-6(7)5-10-12-8/h4*1-5H,9H2,(H,11,12). The lowest BCUT2D eigenvalue weighted by Gasteiger charge is -2.01. The van der Waals surface area contributed by atoms with Crippen LogP contribution in [-0.4, -0.2) is 40.8 Å². The van der Waals surface area contributed by atoms with Crippen molar-refractivity contribution >= 4 is 66.4 Å². The van der Waals surface area contributed by atoms with E-state index in [2.05, 4.69) is 62.5 Å². The predicted octanol–water partition coefficient (Wildman–Crippen LogP) is 3.66. The number of nitrogens with zero attached hydrogens (tertiary/aromatic N) is 8. The first-order chi connectivity index (χ1) is 23.7. The fourth-order valence-corrected chi connectivity index (χ4v) is 4.54. The van der Waals surface area contributed by atoms with Crippen LogP contribution in [-0.2, 0) is 0 Å². The second-order valence-electron chi connectivity index (χ2n) is 9.70. The minimum absolute atomic E-state index is 0.605. The fraction of sp³-hybridized carbons (Fsp3) is 0. The number of nitrogens with two attached hydrogens (primary N) is 4. The van der Waals surface area contributed by atoms with Crippen LogP contribution in [0.2, 0.25) is 0 Å². The molecule has 8 rings (SSSR count). The molecule has 0 radical (unpaired) electrons. The summed E-state index contributed by atoms with van der Waals surface area (Å²) in [6.07, 6.45) is 6.82. The molecule has 0 aliphatic carbocycles. The Bertz CT molecular complexity index is 1890. The van der Waals surface area contributed by atoms with E-state index < -0.39 is 0 Å². The zero-order valence-electron chi connectivity index (χ0n) is 25.4. The normalized spacial score (nSPS) is 10.1. The molecule has 4 aromatic carbocycles. The first-order valence-corrected chi connectivity index (χ1v) is 14.3. The Morgan fingerprint density at radius 3 is 0.729 bits per heavy atom. The van der Waals surface area contributed by atoms with Crippen molar-refractivity contribution in [3.8, 4) is 0 Å². The monoisotopic (exact) mass is 640 g/mol. The van der Waals surface area contributed by atoms with Crippen LogP contribution < -0.4 is 45.1 Å². The van der Waals surface area contributed by atoms with Crippen LogP contribution in [0.1, 0.15) is 0 Å². The summed E-state index contributed by atoms with van der Waals surface area (Å²) >= 11 is 0. The van der Waals surface area contributed by atoms with Crippen LogP contribution in [0, 0.1) is 0 Å². The number of hydrogen-bond donors (Lipinski definition) is 8. The SMILES string of the molecule is NNc1nncc2ccccc12.NNc1nncc2ccccc12.NNc1nncc2ccccc12.NNc1nncc2ccccc12. The number of fused-ring (bicyclic) bond motifs is 4. The van der Waals surface area contributed by atoms with Crippen molar-refractivity contribution < 1.29 is 0 Å². The van der Waals surface area contributed by atoms with Gasteiger partial charge in [-0.15, -0.1) is 20.4 Å². The molecule has 4 heterocycles. The van der Waals surface area contributed by atoms with E-state index in [-0.39, 0.29) is 0 Å². The molecular weight excluding hydrogens is 608 g/mol. The van der Waals surface area contributed by atoms with E-state index in [0.717, 1.165) is 43.1 Å². The highest BCUT2D eigenvalue weighted by atomic mass is 15.3. The van der Waals surface area contributed by atoms with Gasteiger partial charge in [-0.3, -0.25) is 0 Å². The van der Waals surface area contributed by atoms with Crippen LogP contribution in [0.15, 0.2) is 122 Å². The van der Waals surface area contributed by atoms with Gasteiger partial charge in [-0.25, -0.2) is 23.4 Å². The molecule has 16 nitrogen and oxygen atoms in total. The minimum Gasteiger partial charge on any atom is -0.306 e. The highest BCUT2D eigenvalue weighted by molar-refractivity contribution is 5.92. The van der Waals surface area contributed by atoms with E-state index in [1.807, 2.05) is 97.1 Å². The highest BCUT2D eigenvalue weighted by Gasteiger charge is 2.01.